The van der Waals surface area contributed by atoms with Crippen LogP contribution in [0.25, 0.3) is 0 Å². The van der Waals surface area contributed by atoms with Crippen molar-refractivity contribution in [1.82, 2.24) is 0 Å². The third-order valence-corrected chi connectivity index (χ3v) is 2.18. The van der Waals surface area contributed by atoms with Gasteiger partial charge in [-0.1, -0.05) is 6.92 Å². The molecule has 0 fully saturated rings. The molecule has 3 nitrogen and oxygen atoms in total. The van der Waals surface area contributed by atoms with Crippen LogP contribution in [-0.4, -0.2) is 12.7 Å². The minimum atomic E-state index is -3.09. The average molecular weight is 249 g/mol. The van der Waals surface area contributed by atoms with Gasteiger partial charge in [0.25, 0.3) is 0 Å². The monoisotopic (exact) mass is 249 g/mol. The summed E-state index contributed by atoms with van der Waals surface area (Å²) in [5.74, 6) is -1.39. The first-order valence-electron chi connectivity index (χ1n) is 5.14. The first-order chi connectivity index (χ1) is 7.93. The maximum atomic E-state index is 13.2. The lowest BCUT2D eigenvalue weighted by Crippen LogP contribution is -2.12. The van der Waals surface area contributed by atoms with Crippen molar-refractivity contribution in [3.63, 3.8) is 0 Å². The lowest BCUT2D eigenvalue weighted by molar-refractivity contribution is -0.0523. The highest BCUT2D eigenvalue weighted by Crippen LogP contribution is 2.31. The molecule has 0 saturated heterocycles. The Hall–Kier alpha value is -1.59. The van der Waals surface area contributed by atoms with Gasteiger partial charge in [-0.25, -0.2) is 4.39 Å². The summed E-state index contributed by atoms with van der Waals surface area (Å²) in [6, 6.07) is 1.93. The van der Waals surface area contributed by atoms with Gasteiger partial charge in [0, 0.05) is 12.1 Å². The highest BCUT2D eigenvalue weighted by Gasteiger charge is 2.15. The summed E-state index contributed by atoms with van der Waals surface area (Å²) in [7, 11) is 0. The van der Waals surface area contributed by atoms with Crippen molar-refractivity contribution in [3.05, 3.63) is 17.9 Å². The van der Waals surface area contributed by atoms with Gasteiger partial charge in [-0.3, -0.25) is 0 Å². The van der Waals surface area contributed by atoms with Crippen LogP contribution in [0.3, 0.4) is 0 Å². The predicted octanol–water partition coefficient (Wildman–Crippen LogP) is 3.19. The van der Waals surface area contributed by atoms with Crippen LogP contribution >= 0.6 is 0 Å². The third kappa shape index (κ3) is 3.72. The van der Waals surface area contributed by atoms with Crippen molar-refractivity contribution in [1.29, 1.82) is 0 Å². The first-order valence-corrected chi connectivity index (χ1v) is 5.14. The molecule has 0 aliphatic rings. The topological polar surface area (TPSA) is 44.5 Å². The van der Waals surface area contributed by atoms with Crippen LogP contribution in [0.1, 0.15) is 20.3 Å². The molecule has 0 saturated carbocycles. The number of rotatable bonds is 5. The van der Waals surface area contributed by atoms with E-state index in [2.05, 4.69) is 4.74 Å². The molecule has 1 atom stereocenters. The third-order valence-electron chi connectivity index (χ3n) is 2.18. The Kier molecular flexibility index (Phi) is 4.48. The van der Waals surface area contributed by atoms with Gasteiger partial charge in [0.15, 0.2) is 11.6 Å². The van der Waals surface area contributed by atoms with Crippen molar-refractivity contribution in [3.8, 4) is 11.5 Å². The summed E-state index contributed by atoms with van der Waals surface area (Å²) >= 11 is 0. The molecule has 1 unspecified atom stereocenters. The van der Waals surface area contributed by atoms with E-state index < -0.39 is 18.2 Å². The Balaban J connectivity index is 2.97. The standard InChI is InChI=1S/C11H14F3NO2/c1-3-6(2)16-10-5-9(17-11(13)14)7(12)4-8(10)15/h4-6,11H,3,15H2,1-2H3. The van der Waals surface area contributed by atoms with E-state index in [-0.39, 0.29) is 17.5 Å². The van der Waals surface area contributed by atoms with Gasteiger partial charge < -0.3 is 15.2 Å². The van der Waals surface area contributed by atoms with E-state index in [1.165, 1.54) is 0 Å². The Morgan fingerprint density at radius 1 is 1.24 bits per heavy atom. The fraction of sp³-hybridized carbons (Fsp3) is 0.455. The molecule has 0 aromatic heterocycles. The molecule has 0 spiro atoms. The van der Waals surface area contributed by atoms with Crippen molar-refractivity contribution in [2.24, 2.45) is 0 Å². The number of alkyl halides is 2. The lowest BCUT2D eigenvalue weighted by atomic mass is 10.2. The van der Waals surface area contributed by atoms with Crippen LogP contribution in [0.5, 0.6) is 11.5 Å². The zero-order chi connectivity index (χ0) is 13.0. The molecule has 0 aliphatic carbocycles. The van der Waals surface area contributed by atoms with Crippen LogP contribution in [-0.2, 0) is 0 Å². The number of benzene rings is 1. The zero-order valence-corrected chi connectivity index (χ0v) is 9.54. The highest BCUT2D eigenvalue weighted by molar-refractivity contribution is 5.56. The molecule has 1 rings (SSSR count). The summed E-state index contributed by atoms with van der Waals surface area (Å²) in [4.78, 5) is 0. The molecule has 0 amide bonds. The quantitative estimate of drug-likeness (QED) is 0.815. The van der Waals surface area contributed by atoms with E-state index in [0.29, 0.717) is 6.42 Å². The average Bonchev–Trinajstić information content (AvgIpc) is 2.24. The molecule has 17 heavy (non-hydrogen) atoms. The fourth-order valence-corrected chi connectivity index (χ4v) is 1.14. The van der Waals surface area contributed by atoms with Gasteiger partial charge in [0.05, 0.1) is 11.8 Å². The molecule has 2 N–H and O–H groups in total. The van der Waals surface area contributed by atoms with Crippen LogP contribution in [0.15, 0.2) is 12.1 Å². The summed E-state index contributed by atoms with van der Waals surface area (Å²) in [6.45, 7) is 0.585. The summed E-state index contributed by atoms with van der Waals surface area (Å²) in [6.07, 6.45) is 0.559. The number of hydrogen-bond donors (Lipinski definition) is 1. The number of halogens is 3. The van der Waals surface area contributed by atoms with Crippen molar-refractivity contribution in [2.75, 3.05) is 5.73 Å². The van der Waals surface area contributed by atoms with Gasteiger partial charge in [-0.05, 0) is 13.3 Å². The van der Waals surface area contributed by atoms with Crippen LogP contribution in [0.4, 0.5) is 18.9 Å². The van der Waals surface area contributed by atoms with E-state index in [4.69, 9.17) is 10.5 Å². The minimum absolute atomic E-state index is 0.0458. The summed E-state index contributed by atoms with van der Waals surface area (Å²) in [5.41, 5.74) is 5.56. The Morgan fingerprint density at radius 3 is 2.41 bits per heavy atom. The molecule has 0 bridgehead atoms. The fourth-order valence-electron chi connectivity index (χ4n) is 1.14. The van der Waals surface area contributed by atoms with E-state index in [1.54, 1.807) is 6.92 Å². The highest BCUT2D eigenvalue weighted by atomic mass is 19.3. The summed E-state index contributed by atoms with van der Waals surface area (Å²) < 4.78 is 46.6. The van der Waals surface area contributed by atoms with Crippen LogP contribution in [0.2, 0.25) is 0 Å². The maximum Gasteiger partial charge on any atom is 0.387 e. The zero-order valence-electron chi connectivity index (χ0n) is 9.54. The van der Waals surface area contributed by atoms with Gasteiger partial charge in [-0.15, -0.1) is 0 Å². The predicted molar refractivity (Wildman–Crippen MR) is 57.8 cm³/mol. The van der Waals surface area contributed by atoms with Gasteiger partial charge in [-0.2, -0.15) is 8.78 Å². The van der Waals surface area contributed by atoms with E-state index in [9.17, 15) is 13.2 Å². The molecular weight excluding hydrogens is 235 g/mol. The van der Waals surface area contributed by atoms with E-state index >= 15 is 0 Å². The van der Waals surface area contributed by atoms with Crippen LogP contribution in [0, 0.1) is 5.82 Å². The van der Waals surface area contributed by atoms with E-state index in [0.717, 1.165) is 12.1 Å². The number of anilines is 1. The summed E-state index contributed by atoms with van der Waals surface area (Å²) in [5, 5.41) is 0. The first kappa shape index (κ1) is 13.5. The molecular formula is C11H14F3NO2. The number of hydrogen-bond acceptors (Lipinski definition) is 3. The van der Waals surface area contributed by atoms with Crippen molar-refractivity contribution >= 4 is 5.69 Å². The molecule has 0 radical (unpaired) electrons. The van der Waals surface area contributed by atoms with Crippen LogP contribution < -0.4 is 15.2 Å². The van der Waals surface area contributed by atoms with Gasteiger partial charge in [0.1, 0.15) is 5.75 Å². The second-order valence-electron chi connectivity index (χ2n) is 3.54. The SMILES string of the molecule is CCC(C)Oc1cc(OC(F)F)c(F)cc1N. The Morgan fingerprint density at radius 2 is 1.88 bits per heavy atom. The van der Waals surface area contributed by atoms with Gasteiger partial charge >= 0.3 is 6.61 Å². The van der Waals surface area contributed by atoms with Gasteiger partial charge in [0.2, 0.25) is 0 Å². The Labute approximate surface area is 97.3 Å². The van der Waals surface area contributed by atoms with Crippen molar-refractivity contribution in [2.45, 2.75) is 33.0 Å². The van der Waals surface area contributed by atoms with Crippen molar-refractivity contribution < 1.29 is 22.6 Å². The number of ether oxygens (including phenoxy) is 2. The minimum Gasteiger partial charge on any atom is -0.488 e. The second kappa shape index (κ2) is 5.65. The largest absolute Gasteiger partial charge is 0.488 e. The number of nitrogen functional groups attached to an aromatic ring is 1. The maximum absolute atomic E-state index is 13.2. The molecule has 1 aromatic rings. The number of nitrogens with two attached hydrogens (primary N) is 1. The van der Waals surface area contributed by atoms with E-state index in [1.807, 2.05) is 6.92 Å². The smallest absolute Gasteiger partial charge is 0.387 e. The molecule has 96 valence electrons. The Bertz CT molecular complexity index is 385. The molecule has 0 heterocycles. The molecule has 1 aromatic carbocycles. The normalized spacial score (nSPS) is 12.6. The molecule has 6 heteroatoms. The molecule has 0 aliphatic heterocycles. The second-order valence-corrected chi connectivity index (χ2v) is 3.54. The lowest BCUT2D eigenvalue weighted by Gasteiger charge is -2.16.